The van der Waals surface area contributed by atoms with Crippen LogP contribution in [0.5, 0.6) is 0 Å². The van der Waals surface area contributed by atoms with E-state index in [1.54, 1.807) is 0 Å². The normalized spacial score (nSPS) is 38.6. The lowest BCUT2D eigenvalue weighted by Crippen LogP contribution is -2.60. The SMILES string of the molecule is CCO[Si]1(C)CO[Si](C)(OCC)CO1. The third kappa shape index (κ3) is 3.14. The van der Waals surface area contributed by atoms with Crippen molar-refractivity contribution in [1.29, 1.82) is 0 Å². The van der Waals surface area contributed by atoms with Gasteiger partial charge in [-0.2, -0.15) is 0 Å². The molecule has 0 N–H and O–H groups in total. The minimum atomic E-state index is -2.02. The predicted molar refractivity (Wildman–Crippen MR) is 58.4 cm³/mol. The summed E-state index contributed by atoms with van der Waals surface area (Å²) in [5.74, 6) is 0. The van der Waals surface area contributed by atoms with Gasteiger partial charge in [0.15, 0.2) is 0 Å². The van der Waals surface area contributed by atoms with Crippen molar-refractivity contribution in [3.8, 4) is 0 Å². The molecule has 1 aliphatic heterocycles. The topological polar surface area (TPSA) is 36.9 Å². The average Bonchev–Trinajstić information content (AvgIpc) is 2.13. The van der Waals surface area contributed by atoms with E-state index >= 15 is 0 Å². The van der Waals surface area contributed by atoms with Crippen LogP contribution in [-0.2, 0) is 17.7 Å². The van der Waals surface area contributed by atoms with Crippen LogP contribution in [-0.4, -0.2) is 42.8 Å². The monoisotopic (exact) mass is 236 g/mol. The Morgan fingerprint density at radius 2 is 1.29 bits per heavy atom. The van der Waals surface area contributed by atoms with Gasteiger partial charge >= 0.3 is 17.1 Å². The molecule has 14 heavy (non-hydrogen) atoms. The number of hydrogen-bond donors (Lipinski definition) is 0. The lowest BCUT2D eigenvalue weighted by molar-refractivity contribution is 0.0935. The van der Waals surface area contributed by atoms with E-state index in [9.17, 15) is 0 Å². The quantitative estimate of drug-likeness (QED) is 0.690. The van der Waals surface area contributed by atoms with Crippen molar-refractivity contribution >= 4 is 17.1 Å². The van der Waals surface area contributed by atoms with Crippen molar-refractivity contribution < 1.29 is 17.7 Å². The van der Waals surface area contributed by atoms with Gasteiger partial charge < -0.3 is 17.7 Å². The Bertz CT molecular complexity index is 160. The molecule has 0 aromatic heterocycles. The Morgan fingerprint density at radius 1 is 0.929 bits per heavy atom. The molecule has 4 nitrogen and oxygen atoms in total. The van der Waals surface area contributed by atoms with Gasteiger partial charge in [0, 0.05) is 13.2 Å². The molecule has 6 heteroatoms. The summed E-state index contributed by atoms with van der Waals surface area (Å²) in [7, 11) is -4.04. The third-order valence-electron chi connectivity index (χ3n) is 2.18. The van der Waals surface area contributed by atoms with Crippen molar-refractivity contribution in [2.75, 3.05) is 25.7 Å². The molecule has 0 aliphatic carbocycles. The maximum atomic E-state index is 5.80. The molecule has 1 rings (SSSR count). The largest absolute Gasteiger partial charge is 0.393 e. The zero-order valence-corrected chi connectivity index (χ0v) is 11.5. The highest BCUT2D eigenvalue weighted by Crippen LogP contribution is 2.21. The minimum absolute atomic E-state index is 0.601. The summed E-state index contributed by atoms with van der Waals surface area (Å²) in [4.78, 5) is 0. The first-order chi connectivity index (χ1) is 6.54. The van der Waals surface area contributed by atoms with Gasteiger partial charge in [-0.1, -0.05) is 0 Å². The molecule has 0 aromatic rings. The fourth-order valence-corrected chi connectivity index (χ4v) is 7.69. The first-order valence-corrected chi connectivity index (χ1v) is 10.1. The fraction of sp³-hybridized carbons (Fsp3) is 1.00. The molecular weight excluding hydrogens is 216 g/mol. The van der Waals surface area contributed by atoms with Crippen LogP contribution in [0.2, 0.25) is 13.1 Å². The van der Waals surface area contributed by atoms with Crippen LogP contribution in [0, 0.1) is 0 Å². The summed E-state index contributed by atoms with van der Waals surface area (Å²) in [6.45, 7) is 9.43. The Hall–Kier alpha value is 0.274. The van der Waals surface area contributed by atoms with E-state index in [2.05, 4.69) is 0 Å². The smallest absolute Gasteiger partial charge is 0.360 e. The molecule has 84 valence electrons. The fourth-order valence-electron chi connectivity index (χ4n) is 1.43. The summed E-state index contributed by atoms with van der Waals surface area (Å²) in [6, 6.07) is 0. The van der Waals surface area contributed by atoms with E-state index < -0.39 is 17.1 Å². The predicted octanol–water partition coefficient (Wildman–Crippen LogP) is 1.33. The van der Waals surface area contributed by atoms with Crippen molar-refractivity contribution in [3.05, 3.63) is 0 Å². The highest BCUT2D eigenvalue weighted by atomic mass is 28.4. The van der Waals surface area contributed by atoms with Crippen LogP contribution in [0.4, 0.5) is 0 Å². The minimum Gasteiger partial charge on any atom is -0.393 e. The van der Waals surface area contributed by atoms with E-state index in [1.165, 1.54) is 0 Å². The van der Waals surface area contributed by atoms with Gasteiger partial charge in [0.05, 0.1) is 12.5 Å². The second kappa shape index (κ2) is 4.86. The molecule has 0 spiro atoms. The second-order valence-corrected chi connectivity index (χ2v) is 9.98. The average molecular weight is 236 g/mol. The van der Waals surface area contributed by atoms with Crippen molar-refractivity contribution in [2.45, 2.75) is 26.9 Å². The van der Waals surface area contributed by atoms with Crippen LogP contribution in [0.25, 0.3) is 0 Å². The molecule has 0 radical (unpaired) electrons. The summed E-state index contributed by atoms with van der Waals surface area (Å²) in [5, 5.41) is 0. The molecule has 1 aliphatic rings. The maximum Gasteiger partial charge on any atom is 0.360 e. The first kappa shape index (κ1) is 12.3. The van der Waals surface area contributed by atoms with Crippen molar-refractivity contribution in [1.82, 2.24) is 0 Å². The Morgan fingerprint density at radius 3 is 1.50 bits per heavy atom. The molecule has 2 atom stereocenters. The molecule has 1 saturated heterocycles. The molecule has 0 saturated carbocycles. The van der Waals surface area contributed by atoms with Crippen LogP contribution < -0.4 is 0 Å². The zero-order valence-electron chi connectivity index (χ0n) is 9.46. The van der Waals surface area contributed by atoms with Gasteiger partial charge in [-0.25, -0.2) is 0 Å². The standard InChI is InChI=1S/C8H20O4Si2/c1-5-9-13(3)7-12-14(4,8-11-13)10-6-2/h5-8H2,1-4H3. The second-order valence-electron chi connectivity index (χ2n) is 3.71. The summed E-state index contributed by atoms with van der Waals surface area (Å²) in [6.07, 6.45) is 1.20. The lowest BCUT2D eigenvalue weighted by Gasteiger charge is -2.38. The Kier molecular flexibility index (Phi) is 4.29. The first-order valence-electron chi connectivity index (χ1n) is 5.09. The van der Waals surface area contributed by atoms with E-state index in [4.69, 9.17) is 17.7 Å². The number of rotatable bonds is 4. The van der Waals surface area contributed by atoms with Gasteiger partial charge in [0.25, 0.3) is 0 Å². The highest BCUT2D eigenvalue weighted by Gasteiger charge is 2.46. The lowest BCUT2D eigenvalue weighted by atomic mass is 10.9. The van der Waals surface area contributed by atoms with Crippen LogP contribution in [0.15, 0.2) is 0 Å². The number of hydrogen-bond acceptors (Lipinski definition) is 4. The summed E-state index contributed by atoms with van der Waals surface area (Å²) < 4.78 is 22.8. The van der Waals surface area contributed by atoms with E-state index in [1.807, 2.05) is 26.9 Å². The molecule has 1 fully saturated rings. The maximum absolute atomic E-state index is 5.80. The van der Waals surface area contributed by atoms with Gasteiger partial charge in [0.2, 0.25) is 0 Å². The van der Waals surface area contributed by atoms with Crippen LogP contribution in [0.3, 0.4) is 0 Å². The van der Waals surface area contributed by atoms with Gasteiger partial charge in [-0.05, 0) is 26.9 Å². The molecule has 1 heterocycles. The summed E-state index contributed by atoms with van der Waals surface area (Å²) in [5.41, 5.74) is 0. The van der Waals surface area contributed by atoms with Crippen LogP contribution >= 0.6 is 0 Å². The van der Waals surface area contributed by atoms with Gasteiger partial charge in [-0.3, -0.25) is 0 Å². The van der Waals surface area contributed by atoms with Crippen molar-refractivity contribution in [2.24, 2.45) is 0 Å². The van der Waals surface area contributed by atoms with E-state index in [0.717, 1.165) is 0 Å². The molecule has 0 aromatic carbocycles. The molecule has 0 bridgehead atoms. The zero-order chi connectivity index (χ0) is 10.7. The third-order valence-corrected chi connectivity index (χ3v) is 7.40. The highest BCUT2D eigenvalue weighted by molar-refractivity contribution is 6.73. The molecular formula is C8H20O4Si2. The van der Waals surface area contributed by atoms with Crippen molar-refractivity contribution in [3.63, 3.8) is 0 Å². The Balaban J connectivity index is 2.44. The molecule has 0 amide bonds. The van der Waals surface area contributed by atoms with E-state index in [-0.39, 0.29) is 0 Å². The summed E-state index contributed by atoms with van der Waals surface area (Å²) >= 11 is 0. The Labute approximate surface area is 88.0 Å². The van der Waals surface area contributed by atoms with Gasteiger partial charge in [0.1, 0.15) is 0 Å². The molecule has 2 unspecified atom stereocenters. The van der Waals surface area contributed by atoms with Crippen LogP contribution in [0.1, 0.15) is 13.8 Å². The van der Waals surface area contributed by atoms with Gasteiger partial charge in [-0.15, -0.1) is 0 Å². The van der Waals surface area contributed by atoms with E-state index in [0.29, 0.717) is 25.7 Å².